The lowest BCUT2D eigenvalue weighted by Gasteiger charge is -2.07. The second kappa shape index (κ2) is 5.77. The first-order valence-electron chi connectivity index (χ1n) is 5.21. The number of aromatic nitrogens is 2. The lowest BCUT2D eigenvalue weighted by atomic mass is 10.2. The summed E-state index contributed by atoms with van der Waals surface area (Å²) in [7, 11) is 0. The van der Waals surface area contributed by atoms with Crippen LogP contribution >= 0.6 is 11.8 Å². The molecule has 94 valence electrons. The zero-order valence-corrected chi connectivity index (χ0v) is 10.5. The molecule has 0 atom stereocenters. The van der Waals surface area contributed by atoms with Gasteiger partial charge in [0.25, 0.3) is 0 Å². The summed E-state index contributed by atoms with van der Waals surface area (Å²) in [6, 6.07) is 5.72. The maximum absolute atomic E-state index is 13.4. The van der Waals surface area contributed by atoms with Crippen molar-refractivity contribution >= 4 is 23.4 Å². The van der Waals surface area contributed by atoms with Crippen molar-refractivity contribution in [2.24, 2.45) is 0 Å². The zero-order chi connectivity index (χ0) is 13.0. The number of anilines is 2. The number of halogens is 2. The quantitative estimate of drug-likeness (QED) is 0.862. The van der Waals surface area contributed by atoms with Crippen LogP contribution in [0.15, 0.2) is 30.5 Å². The molecular weight excluding hydrogens is 256 g/mol. The summed E-state index contributed by atoms with van der Waals surface area (Å²) in [6.45, 7) is 0. The molecular formula is C12H11F2N3S. The second-order valence-corrected chi connectivity index (χ2v) is 4.48. The average molecular weight is 267 g/mol. The number of nitrogens with one attached hydrogen (secondary N) is 1. The second-order valence-electron chi connectivity index (χ2n) is 3.61. The Hall–Kier alpha value is -1.69. The van der Waals surface area contributed by atoms with E-state index < -0.39 is 5.95 Å². The highest BCUT2D eigenvalue weighted by molar-refractivity contribution is 7.97. The highest BCUT2D eigenvalue weighted by atomic mass is 32.2. The Morgan fingerprint density at radius 3 is 2.83 bits per heavy atom. The molecule has 2 rings (SSSR count). The van der Waals surface area contributed by atoms with E-state index in [4.69, 9.17) is 0 Å². The van der Waals surface area contributed by atoms with E-state index in [1.165, 1.54) is 18.3 Å². The summed E-state index contributed by atoms with van der Waals surface area (Å²) in [6.07, 6.45) is 3.24. The van der Waals surface area contributed by atoms with Gasteiger partial charge in [-0.05, 0) is 30.0 Å². The van der Waals surface area contributed by atoms with Crippen LogP contribution in [0.25, 0.3) is 0 Å². The lowest BCUT2D eigenvalue weighted by Crippen LogP contribution is -1.99. The van der Waals surface area contributed by atoms with Crippen molar-refractivity contribution < 1.29 is 8.78 Å². The highest BCUT2D eigenvalue weighted by Gasteiger charge is 2.03. The fourth-order valence-electron chi connectivity index (χ4n) is 1.50. The van der Waals surface area contributed by atoms with Crippen LogP contribution in [0.2, 0.25) is 0 Å². The lowest BCUT2D eigenvalue weighted by molar-refractivity contribution is 0.582. The maximum atomic E-state index is 13.4. The van der Waals surface area contributed by atoms with Crippen LogP contribution in [-0.2, 0) is 5.75 Å². The Kier molecular flexibility index (Phi) is 4.09. The minimum Gasteiger partial charge on any atom is -0.324 e. The monoisotopic (exact) mass is 267 g/mol. The molecule has 0 aliphatic carbocycles. The molecule has 2 aromatic rings. The van der Waals surface area contributed by atoms with Gasteiger partial charge in [0.15, 0.2) is 0 Å². The molecule has 0 spiro atoms. The molecule has 0 aliphatic rings. The third-order valence-electron chi connectivity index (χ3n) is 2.15. The minimum atomic E-state index is -0.631. The van der Waals surface area contributed by atoms with Crippen LogP contribution in [0.5, 0.6) is 0 Å². The standard InChI is InChI=1S/C12H11F2N3S/c1-18-7-8-4-9(13)6-10(5-8)16-12-15-3-2-11(14)17-12/h2-6H,7H2,1H3,(H,15,16,17). The third-order valence-corrected chi connectivity index (χ3v) is 2.77. The number of hydrogen-bond acceptors (Lipinski definition) is 4. The van der Waals surface area contributed by atoms with E-state index in [-0.39, 0.29) is 11.8 Å². The molecule has 0 saturated heterocycles. The molecule has 18 heavy (non-hydrogen) atoms. The Morgan fingerprint density at radius 1 is 1.28 bits per heavy atom. The summed E-state index contributed by atoms with van der Waals surface area (Å²) in [5.41, 5.74) is 1.35. The van der Waals surface area contributed by atoms with Crippen LogP contribution in [0.3, 0.4) is 0 Å². The molecule has 1 N–H and O–H groups in total. The number of hydrogen-bond donors (Lipinski definition) is 1. The average Bonchev–Trinajstić information content (AvgIpc) is 2.28. The Labute approximate surface area is 108 Å². The predicted octanol–water partition coefficient (Wildman–Crippen LogP) is 3.36. The largest absolute Gasteiger partial charge is 0.324 e. The van der Waals surface area contributed by atoms with E-state index in [1.54, 1.807) is 17.8 Å². The van der Waals surface area contributed by atoms with Crippen LogP contribution in [-0.4, -0.2) is 16.2 Å². The van der Waals surface area contributed by atoms with Crippen LogP contribution < -0.4 is 5.32 Å². The van der Waals surface area contributed by atoms with Crippen molar-refractivity contribution in [3.63, 3.8) is 0 Å². The van der Waals surface area contributed by atoms with Crippen LogP contribution in [0.1, 0.15) is 5.56 Å². The third kappa shape index (κ3) is 3.40. The van der Waals surface area contributed by atoms with Crippen LogP contribution in [0.4, 0.5) is 20.4 Å². The number of rotatable bonds is 4. The smallest absolute Gasteiger partial charge is 0.229 e. The van der Waals surface area contributed by atoms with Gasteiger partial charge in [0, 0.05) is 23.7 Å². The fourth-order valence-corrected chi connectivity index (χ4v) is 2.00. The summed E-state index contributed by atoms with van der Waals surface area (Å²) in [5, 5.41) is 2.77. The van der Waals surface area contributed by atoms with Crippen molar-refractivity contribution in [3.05, 3.63) is 47.8 Å². The van der Waals surface area contributed by atoms with Crippen molar-refractivity contribution in [1.82, 2.24) is 9.97 Å². The molecule has 0 fully saturated rings. The molecule has 0 unspecified atom stereocenters. The molecule has 0 bridgehead atoms. The summed E-state index contributed by atoms with van der Waals surface area (Å²) >= 11 is 1.60. The Bertz CT molecular complexity index is 549. The van der Waals surface area contributed by atoms with Gasteiger partial charge in [-0.1, -0.05) is 0 Å². The Balaban J connectivity index is 2.23. The molecule has 3 nitrogen and oxygen atoms in total. The van der Waals surface area contributed by atoms with Gasteiger partial charge in [-0.2, -0.15) is 21.1 Å². The van der Waals surface area contributed by atoms with E-state index in [1.807, 2.05) is 6.26 Å². The van der Waals surface area contributed by atoms with Gasteiger partial charge >= 0.3 is 0 Å². The summed E-state index contributed by atoms with van der Waals surface area (Å²) in [4.78, 5) is 7.41. The number of thioether (sulfide) groups is 1. The van der Waals surface area contributed by atoms with Crippen molar-refractivity contribution in [2.75, 3.05) is 11.6 Å². The van der Waals surface area contributed by atoms with Crippen LogP contribution in [0, 0.1) is 11.8 Å². The first kappa shape index (κ1) is 12.8. The van der Waals surface area contributed by atoms with Gasteiger partial charge in [0.2, 0.25) is 11.9 Å². The van der Waals surface area contributed by atoms with Gasteiger partial charge in [0.05, 0.1) is 0 Å². The van der Waals surface area contributed by atoms with Gasteiger partial charge < -0.3 is 5.32 Å². The van der Waals surface area contributed by atoms with Crippen molar-refractivity contribution in [1.29, 1.82) is 0 Å². The minimum absolute atomic E-state index is 0.107. The molecule has 6 heteroatoms. The highest BCUT2D eigenvalue weighted by Crippen LogP contribution is 2.19. The molecule has 1 heterocycles. The maximum Gasteiger partial charge on any atom is 0.229 e. The fraction of sp³-hybridized carbons (Fsp3) is 0.167. The summed E-state index contributed by atoms with van der Waals surface area (Å²) in [5.74, 6) is -0.166. The number of nitrogens with zero attached hydrogens (tertiary/aromatic N) is 2. The SMILES string of the molecule is CSCc1cc(F)cc(Nc2nccc(F)n2)c1. The van der Waals surface area contributed by atoms with Gasteiger partial charge in [-0.25, -0.2) is 9.37 Å². The summed E-state index contributed by atoms with van der Waals surface area (Å²) < 4.78 is 26.2. The van der Waals surface area contributed by atoms with Gasteiger partial charge in [0.1, 0.15) is 5.82 Å². The van der Waals surface area contributed by atoms with E-state index in [2.05, 4.69) is 15.3 Å². The molecule has 0 amide bonds. The Morgan fingerprint density at radius 2 is 2.11 bits per heavy atom. The van der Waals surface area contributed by atoms with Gasteiger partial charge in [-0.15, -0.1) is 0 Å². The molecule has 1 aromatic heterocycles. The zero-order valence-electron chi connectivity index (χ0n) is 9.65. The predicted molar refractivity (Wildman–Crippen MR) is 68.9 cm³/mol. The molecule has 0 radical (unpaired) electrons. The molecule has 0 saturated carbocycles. The molecule has 1 aromatic carbocycles. The van der Waals surface area contributed by atoms with E-state index in [9.17, 15) is 8.78 Å². The van der Waals surface area contributed by atoms with Crippen molar-refractivity contribution in [2.45, 2.75) is 5.75 Å². The van der Waals surface area contributed by atoms with E-state index >= 15 is 0 Å². The van der Waals surface area contributed by atoms with Gasteiger partial charge in [-0.3, -0.25) is 0 Å². The van der Waals surface area contributed by atoms with Crippen molar-refractivity contribution in [3.8, 4) is 0 Å². The first-order chi connectivity index (χ1) is 8.67. The van der Waals surface area contributed by atoms with E-state index in [0.29, 0.717) is 11.4 Å². The number of benzene rings is 1. The normalized spacial score (nSPS) is 10.4. The van der Waals surface area contributed by atoms with E-state index in [0.717, 1.165) is 11.6 Å². The first-order valence-corrected chi connectivity index (χ1v) is 6.61. The topological polar surface area (TPSA) is 37.8 Å². The molecule has 0 aliphatic heterocycles.